The molecule has 2 heterocycles. The van der Waals surface area contributed by atoms with Gasteiger partial charge in [-0.1, -0.05) is 0 Å². The van der Waals surface area contributed by atoms with Crippen LogP contribution in [-0.2, 0) is 4.74 Å². The van der Waals surface area contributed by atoms with Gasteiger partial charge in [0.2, 0.25) is 0 Å². The third-order valence-electron chi connectivity index (χ3n) is 2.13. The van der Waals surface area contributed by atoms with Gasteiger partial charge in [-0.2, -0.15) is 0 Å². The Kier molecular flexibility index (Phi) is 2.29. The van der Waals surface area contributed by atoms with E-state index in [2.05, 4.69) is 9.72 Å². The normalized spacial score (nSPS) is 10.3. The second-order valence-electron chi connectivity index (χ2n) is 2.90. The summed E-state index contributed by atoms with van der Waals surface area (Å²) >= 11 is 0. The molecule has 0 N–H and O–H groups in total. The average Bonchev–Trinajstić information content (AvgIpc) is 2.75. The fraction of sp³-hybridized carbons (Fsp3) is 0.200. The number of methoxy groups -OCH3 is 2. The maximum atomic E-state index is 11.4. The van der Waals surface area contributed by atoms with Crippen molar-refractivity contribution in [1.82, 2.24) is 9.38 Å². The predicted molar refractivity (Wildman–Crippen MR) is 53.1 cm³/mol. The van der Waals surface area contributed by atoms with Crippen molar-refractivity contribution in [3.8, 4) is 5.75 Å². The number of rotatable bonds is 2. The quantitative estimate of drug-likeness (QED) is 0.691. The third kappa shape index (κ3) is 1.41. The summed E-state index contributed by atoms with van der Waals surface area (Å²) < 4.78 is 11.4. The second kappa shape index (κ2) is 3.61. The molecule has 5 nitrogen and oxygen atoms in total. The number of carbonyl (C=O) groups excluding carboxylic acids is 1. The Morgan fingerprint density at radius 1 is 1.40 bits per heavy atom. The van der Waals surface area contributed by atoms with E-state index in [1.165, 1.54) is 7.11 Å². The lowest BCUT2D eigenvalue weighted by Crippen LogP contribution is -2.07. The SMILES string of the molecule is COC(=O)c1ccc(OC)c2nccn12. The van der Waals surface area contributed by atoms with Gasteiger partial charge in [0.05, 0.1) is 14.2 Å². The van der Waals surface area contributed by atoms with E-state index < -0.39 is 5.97 Å². The molecule has 0 fully saturated rings. The van der Waals surface area contributed by atoms with Gasteiger partial charge in [0.1, 0.15) is 5.69 Å². The van der Waals surface area contributed by atoms with Gasteiger partial charge in [-0.05, 0) is 12.1 Å². The maximum Gasteiger partial charge on any atom is 0.355 e. The number of esters is 1. The molecule has 2 rings (SSSR count). The number of aromatic nitrogens is 2. The zero-order valence-electron chi connectivity index (χ0n) is 8.43. The smallest absolute Gasteiger partial charge is 0.355 e. The molecule has 0 spiro atoms. The monoisotopic (exact) mass is 206 g/mol. The lowest BCUT2D eigenvalue weighted by molar-refractivity contribution is 0.0592. The van der Waals surface area contributed by atoms with Gasteiger partial charge < -0.3 is 9.47 Å². The highest BCUT2D eigenvalue weighted by Gasteiger charge is 2.13. The summed E-state index contributed by atoms with van der Waals surface area (Å²) in [5, 5.41) is 0. The average molecular weight is 206 g/mol. The molecule has 0 aliphatic carbocycles. The van der Waals surface area contributed by atoms with E-state index in [1.54, 1.807) is 36.0 Å². The number of hydrogen-bond acceptors (Lipinski definition) is 4. The van der Waals surface area contributed by atoms with E-state index >= 15 is 0 Å². The largest absolute Gasteiger partial charge is 0.493 e. The van der Waals surface area contributed by atoms with Gasteiger partial charge >= 0.3 is 5.97 Å². The minimum absolute atomic E-state index is 0.402. The first-order valence-electron chi connectivity index (χ1n) is 4.36. The second-order valence-corrected chi connectivity index (χ2v) is 2.90. The van der Waals surface area contributed by atoms with Gasteiger partial charge in [-0.15, -0.1) is 0 Å². The van der Waals surface area contributed by atoms with Crippen LogP contribution in [0.2, 0.25) is 0 Å². The van der Waals surface area contributed by atoms with Crippen molar-refractivity contribution in [2.24, 2.45) is 0 Å². The van der Waals surface area contributed by atoms with Crippen molar-refractivity contribution in [2.45, 2.75) is 0 Å². The molecular weight excluding hydrogens is 196 g/mol. The Balaban J connectivity index is 2.68. The highest BCUT2D eigenvalue weighted by molar-refractivity contribution is 5.88. The highest BCUT2D eigenvalue weighted by Crippen LogP contribution is 2.19. The van der Waals surface area contributed by atoms with Gasteiger partial charge in [-0.3, -0.25) is 4.40 Å². The van der Waals surface area contributed by atoms with Gasteiger partial charge in [0.15, 0.2) is 11.4 Å². The molecule has 0 atom stereocenters. The molecule has 0 aliphatic heterocycles. The Morgan fingerprint density at radius 2 is 2.20 bits per heavy atom. The first-order chi connectivity index (χ1) is 7.27. The number of hydrogen-bond donors (Lipinski definition) is 0. The fourth-order valence-corrected chi connectivity index (χ4v) is 1.42. The lowest BCUT2D eigenvalue weighted by Gasteiger charge is -2.06. The van der Waals surface area contributed by atoms with Crippen molar-refractivity contribution < 1.29 is 14.3 Å². The van der Waals surface area contributed by atoms with E-state index in [4.69, 9.17) is 4.74 Å². The third-order valence-corrected chi connectivity index (χ3v) is 2.13. The molecule has 5 heteroatoms. The number of ether oxygens (including phenoxy) is 2. The number of fused-ring (bicyclic) bond motifs is 1. The molecule has 0 radical (unpaired) electrons. The zero-order valence-corrected chi connectivity index (χ0v) is 8.43. The molecule has 0 amide bonds. The maximum absolute atomic E-state index is 11.4. The molecule has 15 heavy (non-hydrogen) atoms. The Labute approximate surface area is 86.3 Å². The Bertz CT molecular complexity index is 504. The molecular formula is C10H10N2O3. The zero-order chi connectivity index (χ0) is 10.8. The van der Waals surface area contributed by atoms with Crippen molar-refractivity contribution in [3.05, 3.63) is 30.2 Å². The predicted octanol–water partition coefficient (Wildman–Crippen LogP) is 1.13. The summed E-state index contributed by atoms with van der Waals surface area (Å²) in [6.45, 7) is 0. The summed E-state index contributed by atoms with van der Waals surface area (Å²) in [5.41, 5.74) is 1.02. The van der Waals surface area contributed by atoms with Crippen LogP contribution in [0.4, 0.5) is 0 Å². The summed E-state index contributed by atoms with van der Waals surface area (Å²) in [6, 6.07) is 3.33. The first-order valence-corrected chi connectivity index (χ1v) is 4.36. The molecule has 0 aliphatic rings. The van der Waals surface area contributed by atoms with E-state index in [-0.39, 0.29) is 0 Å². The van der Waals surface area contributed by atoms with Crippen molar-refractivity contribution in [3.63, 3.8) is 0 Å². The van der Waals surface area contributed by atoms with E-state index in [0.29, 0.717) is 17.1 Å². The molecule has 0 saturated heterocycles. The summed E-state index contributed by atoms with van der Waals surface area (Å²) in [6.07, 6.45) is 3.29. The number of imidazole rings is 1. The van der Waals surface area contributed by atoms with Crippen molar-refractivity contribution in [1.29, 1.82) is 0 Å². The lowest BCUT2D eigenvalue weighted by atomic mass is 10.3. The van der Waals surface area contributed by atoms with Gasteiger partial charge in [0.25, 0.3) is 0 Å². The molecule has 0 aromatic carbocycles. The van der Waals surface area contributed by atoms with Crippen molar-refractivity contribution >= 4 is 11.6 Å². The number of pyridine rings is 1. The van der Waals surface area contributed by atoms with Crippen LogP contribution in [0.5, 0.6) is 5.75 Å². The molecule has 0 bridgehead atoms. The summed E-state index contributed by atoms with van der Waals surface area (Å²) in [7, 11) is 2.90. The molecule has 0 unspecified atom stereocenters. The van der Waals surface area contributed by atoms with Crippen LogP contribution in [0.15, 0.2) is 24.5 Å². The molecule has 0 saturated carbocycles. The van der Waals surface area contributed by atoms with Crippen LogP contribution in [0.3, 0.4) is 0 Å². The van der Waals surface area contributed by atoms with E-state index in [9.17, 15) is 4.79 Å². The van der Waals surface area contributed by atoms with Crippen LogP contribution in [0, 0.1) is 0 Å². The minimum Gasteiger partial charge on any atom is -0.493 e. The molecule has 78 valence electrons. The van der Waals surface area contributed by atoms with Crippen LogP contribution in [0.25, 0.3) is 5.65 Å². The van der Waals surface area contributed by atoms with Gasteiger partial charge in [0, 0.05) is 12.4 Å². The van der Waals surface area contributed by atoms with Crippen LogP contribution >= 0.6 is 0 Å². The highest BCUT2D eigenvalue weighted by atomic mass is 16.5. The fourth-order valence-electron chi connectivity index (χ4n) is 1.42. The molecule has 2 aromatic heterocycles. The van der Waals surface area contributed by atoms with E-state index in [1.807, 2.05) is 0 Å². The number of nitrogens with zero attached hydrogens (tertiary/aromatic N) is 2. The molecule has 2 aromatic rings. The number of carbonyl (C=O) groups is 1. The Hall–Kier alpha value is -2.04. The van der Waals surface area contributed by atoms with E-state index in [0.717, 1.165) is 0 Å². The standard InChI is InChI=1S/C10H10N2O3/c1-14-8-4-3-7(10(13)15-2)12-6-5-11-9(8)12/h3-6H,1-2H3. The summed E-state index contributed by atoms with van der Waals surface area (Å²) in [4.78, 5) is 15.5. The van der Waals surface area contributed by atoms with Gasteiger partial charge in [-0.25, -0.2) is 9.78 Å². The van der Waals surface area contributed by atoms with Crippen LogP contribution in [0.1, 0.15) is 10.5 Å². The van der Waals surface area contributed by atoms with Crippen LogP contribution in [-0.4, -0.2) is 29.6 Å². The summed E-state index contributed by atoms with van der Waals surface area (Å²) in [5.74, 6) is 0.216. The Morgan fingerprint density at radius 3 is 2.87 bits per heavy atom. The van der Waals surface area contributed by atoms with Crippen LogP contribution < -0.4 is 4.74 Å². The topological polar surface area (TPSA) is 52.8 Å². The minimum atomic E-state index is -0.402. The van der Waals surface area contributed by atoms with Crippen molar-refractivity contribution in [2.75, 3.05) is 14.2 Å². The first kappa shape index (κ1) is 9.51.